The number of ketones is 1. The van der Waals surface area contributed by atoms with Crippen molar-refractivity contribution >= 4 is 5.78 Å². The van der Waals surface area contributed by atoms with Gasteiger partial charge in [-0.1, -0.05) is 13.8 Å². The van der Waals surface area contributed by atoms with Gasteiger partial charge in [0.2, 0.25) is 0 Å². The van der Waals surface area contributed by atoms with Crippen molar-refractivity contribution in [1.82, 2.24) is 20.2 Å². The fourth-order valence-electron chi connectivity index (χ4n) is 0.914. The van der Waals surface area contributed by atoms with Crippen LogP contribution in [0, 0.1) is 5.41 Å². The van der Waals surface area contributed by atoms with Crippen LogP contribution in [0.2, 0.25) is 0 Å². The van der Waals surface area contributed by atoms with Gasteiger partial charge in [-0.3, -0.25) is 4.79 Å². The van der Waals surface area contributed by atoms with Gasteiger partial charge in [-0.05, 0) is 12.1 Å². The Kier molecular flexibility index (Phi) is 2.45. The van der Waals surface area contributed by atoms with Crippen LogP contribution in [0.5, 0.6) is 0 Å². The van der Waals surface area contributed by atoms with E-state index in [0.29, 0.717) is 12.2 Å². The van der Waals surface area contributed by atoms with Gasteiger partial charge in [-0.2, -0.15) is 4.80 Å². The van der Waals surface area contributed by atoms with Gasteiger partial charge < -0.3 is 0 Å². The first-order chi connectivity index (χ1) is 5.92. The van der Waals surface area contributed by atoms with Crippen LogP contribution >= 0.6 is 0 Å². The van der Waals surface area contributed by atoms with E-state index in [9.17, 15) is 4.79 Å². The Balaban J connectivity index is 2.74. The second-order valence-electron chi connectivity index (χ2n) is 3.81. The molecule has 0 aromatic carbocycles. The molecule has 72 valence electrons. The average molecular weight is 182 g/mol. The summed E-state index contributed by atoms with van der Waals surface area (Å²) in [6.45, 7) is 5.34. The molecule has 0 atom stereocenters. The first kappa shape index (κ1) is 9.83. The maximum Gasteiger partial charge on any atom is 0.175 e. The molecule has 5 nitrogen and oxygen atoms in total. The number of rotatable bonds is 3. The fourth-order valence-corrected chi connectivity index (χ4v) is 0.914. The molecular formula is C8H14N4O. The number of nitrogens with zero attached hydrogens (tertiary/aromatic N) is 4. The Morgan fingerprint density at radius 3 is 2.54 bits per heavy atom. The molecular weight excluding hydrogens is 168 g/mol. The Labute approximate surface area is 77.1 Å². The van der Waals surface area contributed by atoms with Gasteiger partial charge in [0.1, 0.15) is 5.78 Å². The van der Waals surface area contributed by atoms with E-state index < -0.39 is 5.41 Å². The molecule has 0 radical (unpaired) electrons. The molecule has 0 N–H and O–H groups in total. The zero-order valence-electron chi connectivity index (χ0n) is 8.40. The summed E-state index contributed by atoms with van der Waals surface area (Å²) in [6.07, 6.45) is 0.538. The first-order valence-corrected chi connectivity index (χ1v) is 4.16. The summed E-state index contributed by atoms with van der Waals surface area (Å²) in [5.74, 6) is 0.752. The Morgan fingerprint density at radius 2 is 2.15 bits per heavy atom. The average Bonchev–Trinajstić information content (AvgIpc) is 2.34. The smallest absolute Gasteiger partial charge is 0.175 e. The number of hydrogen-bond donors (Lipinski definition) is 0. The zero-order chi connectivity index (χ0) is 10.1. The van der Waals surface area contributed by atoms with Crippen molar-refractivity contribution in [3.05, 3.63) is 5.82 Å². The molecule has 0 aliphatic heterocycles. The monoisotopic (exact) mass is 182 g/mol. The molecule has 0 bridgehead atoms. The largest absolute Gasteiger partial charge is 0.299 e. The molecule has 0 amide bonds. The molecule has 0 unspecified atom stereocenters. The lowest BCUT2D eigenvalue weighted by atomic mass is 9.85. The first-order valence-electron chi connectivity index (χ1n) is 4.16. The normalized spacial score (nSPS) is 11.7. The number of carbonyl (C=O) groups is 1. The number of carbonyl (C=O) groups excluding carboxylic acids is 1. The second-order valence-corrected chi connectivity index (χ2v) is 3.81. The maximum atomic E-state index is 11.2. The van der Waals surface area contributed by atoms with E-state index in [4.69, 9.17) is 0 Å². The lowest BCUT2D eigenvalue weighted by Gasteiger charge is -2.18. The molecule has 1 heterocycles. The second kappa shape index (κ2) is 3.24. The summed E-state index contributed by atoms with van der Waals surface area (Å²) in [5.41, 5.74) is -0.400. The summed E-state index contributed by atoms with van der Waals surface area (Å²) in [6, 6.07) is 0. The molecule has 13 heavy (non-hydrogen) atoms. The number of tetrazole rings is 1. The highest BCUT2D eigenvalue weighted by molar-refractivity contribution is 5.81. The van der Waals surface area contributed by atoms with Gasteiger partial charge >= 0.3 is 0 Å². The third-order valence-electron chi connectivity index (χ3n) is 2.10. The third kappa shape index (κ3) is 2.34. The van der Waals surface area contributed by atoms with E-state index in [1.165, 1.54) is 4.80 Å². The van der Waals surface area contributed by atoms with Gasteiger partial charge in [0, 0.05) is 11.8 Å². The molecule has 0 aliphatic rings. The molecule has 0 spiro atoms. The van der Waals surface area contributed by atoms with Crippen LogP contribution < -0.4 is 0 Å². The van der Waals surface area contributed by atoms with E-state index in [2.05, 4.69) is 15.4 Å². The Morgan fingerprint density at radius 1 is 1.54 bits per heavy atom. The summed E-state index contributed by atoms with van der Waals surface area (Å²) >= 11 is 0. The van der Waals surface area contributed by atoms with Crippen LogP contribution in [0.15, 0.2) is 0 Å². The summed E-state index contributed by atoms with van der Waals surface area (Å²) in [4.78, 5) is 12.6. The van der Waals surface area contributed by atoms with Gasteiger partial charge in [-0.25, -0.2) is 0 Å². The van der Waals surface area contributed by atoms with E-state index in [0.717, 1.165) is 0 Å². The zero-order valence-corrected chi connectivity index (χ0v) is 8.40. The van der Waals surface area contributed by atoms with E-state index in [1.54, 1.807) is 14.0 Å². The summed E-state index contributed by atoms with van der Waals surface area (Å²) < 4.78 is 0. The van der Waals surface area contributed by atoms with Crippen molar-refractivity contribution in [2.45, 2.75) is 27.2 Å². The Hall–Kier alpha value is -1.26. The van der Waals surface area contributed by atoms with Crippen molar-refractivity contribution in [2.24, 2.45) is 12.5 Å². The topological polar surface area (TPSA) is 60.7 Å². The molecule has 5 heteroatoms. The highest BCUT2D eigenvalue weighted by Gasteiger charge is 2.25. The van der Waals surface area contributed by atoms with E-state index in [-0.39, 0.29) is 5.78 Å². The maximum absolute atomic E-state index is 11.2. The third-order valence-corrected chi connectivity index (χ3v) is 2.10. The van der Waals surface area contributed by atoms with Gasteiger partial charge in [0.25, 0.3) is 0 Å². The highest BCUT2D eigenvalue weighted by Crippen LogP contribution is 2.20. The molecule has 1 rings (SSSR count). The molecule has 0 saturated carbocycles. The molecule has 1 aromatic rings. The van der Waals surface area contributed by atoms with Gasteiger partial charge in [0.15, 0.2) is 5.82 Å². The number of aromatic nitrogens is 4. The number of aryl methyl sites for hydroxylation is 1. The standard InChI is InChI=1S/C8H14N4O/c1-6(13)8(2,3)5-7-9-11-12(4)10-7/h5H2,1-4H3. The minimum absolute atomic E-state index is 0.139. The minimum atomic E-state index is -0.400. The predicted molar refractivity (Wildman–Crippen MR) is 47.0 cm³/mol. The SMILES string of the molecule is CC(=O)C(C)(C)Cc1nnn(C)n1. The predicted octanol–water partition coefficient (Wildman–Crippen LogP) is 0.368. The van der Waals surface area contributed by atoms with Crippen molar-refractivity contribution in [1.29, 1.82) is 0 Å². The van der Waals surface area contributed by atoms with Gasteiger partial charge in [-0.15, -0.1) is 10.2 Å². The van der Waals surface area contributed by atoms with Crippen molar-refractivity contribution in [3.63, 3.8) is 0 Å². The fraction of sp³-hybridized carbons (Fsp3) is 0.750. The van der Waals surface area contributed by atoms with Crippen LogP contribution in [-0.2, 0) is 18.3 Å². The Bertz CT molecular complexity index is 316. The minimum Gasteiger partial charge on any atom is -0.299 e. The molecule has 0 fully saturated rings. The van der Waals surface area contributed by atoms with Crippen molar-refractivity contribution in [2.75, 3.05) is 0 Å². The van der Waals surface area contributed by atoms with Crippen molar-refractivity contribution in [3.8, 4) is 0 Å². The number of Topliss-reactive ketones (excluding diaryl/α,β-unsaturated/α-hetero) is 1. The summed E-state index contributed by atoms with van der Waals surface area (Å²) in [5, 5.41) is 11.6. The molecule has 0 saturated heterocycles. The quantitative estimate of drug-likeness (QED) is 0.677. The van der Waals surface area contributed by atoms with E-state index >= 15 is 0 Å². The number of hydrogen-bond acceptors (Lipinski definition) is 4. The summed E-state index contributed by atoms with van der Waals surface area (Å²) in [7, 11) is 1.71. The lowest BCUT2D eigenvalue weighted by molar-refractivity contribution is -0.124. The van der Waals surface area contributed by atoms with Crippen LogP contribution in [-0.4, -0.2) is 26.0 Å². The van der Waals surface area contributed by atoms with Gasteiger partial charge in [0.05, 0.1) is 7.05 Å². The van der Waals surface area contributed by atoms with Crippen LogP contribution in [0.1, 0.15) is 26.6 Å². The van der Waals surface area contributed by atoms with Crippen LogP contribution in [0.3, 0.4) is 0 Å². The highest BCUT2D eigenvalue weighted by atomic mass is 16.1. The van der Waals surface area contributed by atoms with Crippen LogP contribution in [0.4, 0.5) is 0 Å². The van der Waals surface area contributed by atoms with Crippen LogP contribution in [0.25, 0.3) is 0 Å². The van der Waals surface area contributed by atoms with E-state index in [1.807, 2.05) is 13.8 Å². The molecule has 1 aromatic heterocycles. The van der Waals surface area contributed by atoms with Crippen molar-refractivity contribution < 1.29 is 4.79 Å². The molecule has 0 aliphatic carbocycles. The lowest BCUT2D eigenvalue weighted by Crippen LogP contribution is -2.24.